The van der Waals surface area contributed by atoms with E-state index >= 15 is 0 Å². The number of hydrogen-bond acceptors (Lipinski definition) is 3. The fraction of sp³-hybridized carbons (Fsp3) is 0.100. The zero-order valence-electron chi connectivity index (χ0n) is 8.00. The van der Waals surface area contributed by atoms with Crippen molar-refractivity contribution in [3.05, 3.63) is 27.5 Å². The van der Waals surface area contributed by atoms with Crippen LogP contribution in [-0.4, -0.2) is 13.0 Å². The Labute approximate surface area is 99.4 Å². The average molecular weight is 285 g/mol. The lowest BCUT2D eigenvalue weighted by molar-refractivity contribution is 0.0968. The van der Waals surface area contributed by atoms with E-state index in [9.17, 15) is 4.79 Å². The van der Waals surface area contributed by atoms with E-state index in [0.717, 1.165) is 14.6 Å². The maximum atomic E-state index is 11.5. The number of carbonyl (C=O) groups excluding carboxylic acids is 1. The summed E-state index contributed by atoms with van der Waals surface area (Å²) in [4.78, 5) is 12.1. The van der Waals surface area contributed by atoms with Crippen molar-refractivity contribution >= 4 is 48.9 Å². The Morgan fingerprint density at radius 3 is 2.93 bits per heavy atom. The van der Waals surface area contributed by atoms with Crippen molar-refractivity contribution in [1.29, 1.82) is 0 Å². The molecule has 78 valence electrons. The highest BCUT2D eigenvalue weighted by molar-refractivity contribution is 9.10. The summed E-state index contributed by atoms with van der Waals surface area (Å²) in [5.74, 6) is -0.134. The van der Waals surface area contributed by atoms with Crippen molar-refractivity contribution in [1.82, 2.24) is 5.32 Å². The van der Waals surface area contributed by atoms with Crippen LogP contribution in [0.2, 0.25) is 0 Å². The number of nitrogens with one attached hydrogen (secondary N) is 1. The third-order valence-electron chi connectivity index (χ3n) is 2.12. The third kappa shape index (κ3) is 1.72. The first-order valence-electron chi connectivity index (χ1n) is 4.33. The molecule has 0 aliphatic rings. The van der Waals surface area contributed by atoms with Gasteiger partial charge in [0.15, 0.2) is 0 Å². The quantitative estimate of drug-likeness (QED) is 0.846. The van der Waals surface area contributed by atoms with Crippen LogP contribution in [0.15, 0.2) is 22.7 Å². The molecule has 0 aliphatic carbocycles. The van der Waals surface area contributed by atoms with E-state index in [1.54, 1.807) is 7.05 Å². The zero-order chi connectivity index (χ0) is 11.0. The molecular formula is C10H9BrN2OS. The summed E-state index contributed by atoms with van der Waals surface area (Å²) < 4.78 is 1.98. The van der Waals surface area contributed by atoms with Gasteiger partial charge < -0.3 is 11.1 Å². The monoisotopic (exact) mass is 284 g/mol. The van der Waals surface area contributed by atoms with Crippen LogP contribution in [0.3, 0.4) is 0 Å². The number of nitrogens with two attached hydrogens (primary N) is 1. The van der Waals surface area contributed by atoms with Crippen molar-refractivity contribution in [2.75, 3.05) is 12.8 Å². The second-order valence-electron chi connectivity index (χ2n) is 3.06. The molecule has 0 saturated heterocycles. The van der Waals surface area contributed by atoms with E-state index in [1.165, 1.54) is 11.3 Å². The Balaban J connectivity index is 2.69. The van der Waals surface area contributed by atoms with E-state index in [-0.39, 0.29) is 5.91 Å². The second-order valence-corrected chi connectivity index (χ2v) is 5.03. The minimum absolute atomic E-state index is 0.134. The van der Waals surface area contributed by atoms with Gasteiger partial charge in [0.2, 0.25) is 0 Å². The van der Waals surface area contributed by atoms with Crippen molar-refractivity contribution in [3.8, 4) is 0 Å². The molecule has 0 saturated carbocycles. The molecule has 2 rings (SSSR count). The molecule has 1 amide bonds. The van der Waals surface area contributed by atoms with Crippen LogP contribution < -0.4 is 11.1 Å². The minimum atomic E-state index is -0.134. The second kappa shape index (κ2) is 3.83. The van der Waals surface area contributed by atoms with Crippen LogP contribution in [-0.2, 0) is 0 Å². The Kier molecular flexibility index (Phi) is 2.67. The molecule has 3 nitrogen and oxygen atoms in total. The van der Waals surface area contributed by atoms with Gasteiger partial charge in [-0.3, -0.25) is 4.79 Å². The molecular weight excluding hydrogens is 276 g/mol. The molecule has 15 heavy (non-hydrogen) atoms. The fourth-order valence-corrected chi connectivity index (χ4v) is 2.78. The van der Waals surface area contributed by atoms with Crippen LogP contribution in [0.4, 0.5) is 5.69 Å². The molecule has 5 heteroatoms. The predicted octanol–water partition coefficient (Wildman–Crippen LogP) is 2.61. The van der Waals surface area contributed by atoms with Gasteiger partial charge in [-0.2, -0.15) is 0 Å². The standard InChI is InChI=1S/C10H9BrN2OS/c1-13-10(14)9-8(12)6-4-5(11)2-3-7(6)15-9/h2-4H,12H2,1H3,(H,13,14). The Hall–Kier alpha value is -1.07. The molecule has 1 heterocycles. The van der Waals surface area contributed by atoms with E-state index in [2.05, 4.69) is 21.2 Å². The van der Waals surface area contributed by atoms with Crippen LogP contribution in [0.5, 0.6) is 0 Å². The normalized spacial score (nSPS) is 10.5. The van der Waals surface area contributed by atoms with Crippen LogP contribution in [0, 0.1) is 0 Å². The number of nitrogen functional groups attached to an aromatic ring is 1. The van der Waals surface area contributed by atoms with Gasteiger partial charge in [0.1, 0.15) is 4.88 Å². The molecule has 0 unspecified atom stereocenters. The first-order chi connectivity index (χ1) is 7.13. The van der Waals surface area contributed by atoms with Crippen LogP contribution in [0.25, 0.3) is 10.1 Å². The first kappa shape index (κ1) is 10.4. The summed E-state index contributed by atoms with van der Waals surface area (Å²) in [5, 5.41) is 3.50. The number of amides is 1. The highest BCUT2D eigenvalue weighted by atomic mass is 79.9. The molecule has 3 N–H and O–H groups in total. The largest absolute Gasteiger partial charge is 0.397 e. The number of anilines is 1. The number of thiophene rings is 1. The van der Waals surface area contributed by atoms with Crippen molar-refractivity contribution in [2.45, 2.75) is 0 Å². The molecule has 0 fully saturated rings. The first-order valence-corrected chi connectivity index (χ1v) is 5.94. The Bertz CT molecular complexity index is 535. The van der Waals surface area contributed by atoms with Crippen LogP contribution in [0.1, 0.15) is 9.67 Å². The predicted molar refractivity (Wildman–Crippen MR) is 67.3 cm³/mol. The summed E-state index contributed by atoms with van der Waals surface area (Å²) in [6.07, 6.45) is 0. The van der Waals surface area contributed by atoms with Crippen molar-refractivity contribution in [2.24, 2.45) is 0 Å². The van der Waals surface area contributed by atoms with Gasteiger partial charge >= 0.3 is 0 Å². The average Bonchev–Trinajstić information content (AvgIpc) is 2.55. The number of halogens is 1. The molecule has 2 aromatic rings. The third-order valence-corrected chi connectivity index (χ3v) is 3.80. The smallest absolute Gasteiger partial charge is 0.263 e. The summed E-state index contributed by atoms with van der Waals surface area (Å²) in [7, 11) is 1.60. The number of carbonyl (C=O) groups is 1. The van der Waals surface area contributed by atoms with Gasteiger partial charge in [0, 0.05) is 21.6 Å². The van der Waals surface area contributed by atoms with Gasteiger partial charge in [-0.15, -0.1) is 11.3 Å². The Morgan fingerprint density at radius 1 is 1.53 bits per heavy atom. The maximum Gasteiger partial charge on any atom is 0.263 e. The van der Waals surface area contributed by atoms with Gasteiger partial charge in [-0.25, -0.2) is 0 Å². The zero-order valence-corrected chi connectivity index (χ0v) is 10.4. The number of fused-ring (bicyclic) bond motifs is 1. The minimum Gasteiger partial charge on any atom is -0.397 e. The van der Waals surface area contributed by atoms with Crippen molar-refractivity contribution < 1.29 is 4.79 Å². The number of hydrogen-bond donors (Lipinski definition) is 2. The molecule has 0 atom stereocenters. The van der Waals surface area contributed by atoms with Gasteiger partial charge in [0.25, 0.3) is 5.91 Å². The summed E-state index contributed by atoms with van der Waals surface area (Å²) >= 11 is 4.79. The van der Waals surface area contributed by atoms with E-state index < -0.39 is 0 Å². The molecule has 1 aromatic heterocycles. The molecule has 1 aromatic carbocycles. The Morgan fingerprint density at radius 2 is 2.27 bits per heavy atom. The summed E-state index contributed by atoms with van der Waals surface area (Å²) in [6, 6.07) is 5.81. The number of rotatable bonds is 1. The van der Waals surface area contributed by atoms with Gasteiger partial charge in [-0.1, -0.05) is 15.9 Å². The van der Waals surface area contributed by atoms with E-state index in [0.29, 0.717) is 10.6 Å². The molecule has 0 radical (unpaired) electrons. The highest BCUT2D eigenvalue weighted by Gasteiger charge is 2.14. The number of benzene rings is 1. The topological polar surface area (TPSA) is 55.1 Å². The molecule has 0 bridgehead atoms. The van der Waals surface area contributed by atoms with E-state index in [4.69, 9.17) is 5.73 Å². The lowest BCUT2D eigenvalue weighted by Crippen LogP contribution is -2.17. The maximum absolute atomic E-state index is 11.5. The van der Waals surface area contributed by atoms with Gasteiger partial charge in [0.05, 0.1) is 5.69 Å². The fourth-order valence-electron chi connectivity index (χ4n) is 1.37. The van der Waals surface area contributed by atoms with Gasteiger partial charge in [-0.05, 0) is 18.2 Å². The van der Waals surface area contributed by atoms with E-state index in [1.807, 2.05) is 18.2 Å². The van der Waals surface area contributed by atoms with Crippen LogP contribution >= 0.6 is 27.3 Å². The highest BCUT2D eigenvalue weighted by Crippen LogP contribution is 2.35. The molecule has 0 aliphatic heterocycles. The molecule has 0 spiro atoms. The van der Waals surface area contributed by atoms with Crippen molar-refractivity contribution in [3.63, 3.8) is 0 Å². The lowest BCUT2D eigenvalue weighted by atomic mass is 10.2. The lowest BCUT2D eigenvalue weighted by Gasteiger charge is -1.96. The SMILES string of the molecule is CNC(=O)c1sc2ccc(Br)cc2c1N. The summed E-state index contributed by atoms with van der Waals surface area (Å²) in [6.45, 7) is 0. The summed E-state index contributed by atoms with van der Waals surface area (Å²) in [5.41, 5.74) is 6.46.